The van der Waals surface area contributed by atoms with Gasteiger partial charge >= 0.3 is 6.09 Å². The van der Waals surface area contributed by atoms with Crippen LogP contribution in [0, 0.1) is 5.41 Å². The van der Waals surface area contributed by atoms with Crippen molar-refractivity contribution in [3.05, 3.63) is 12.3 Å². The molecule has 4 nitrogen and oxygen atoms in total. The van der Waals surface area contributed by atoms with Crippen molar-refractivity contribution >= 4 is 6.09 Å². The van der Waals surface area contributed by atoms with Gasteiger partial charge in [0.1, 0.15) is 5.60 Å². The normalized spacial score (nSPS) is 22.7. The average Bonchev–Trinajstić information content (AvgIpc) is 2.28. The second kappa shape index (κ2) is 4.82. The molecule has 2 aliphatic heterocycles. The molecule has 2 aliphatic rings. The zero-order valence-electron chi connectivity index (χ0n) is 11.7. The Morgan fingerprint density at radius 2 is 1.94 bits per heavy atom. The third kappa shape index (κ3) is 3.18. The Bertz CT molecular complexity index is 336. The Labute approximate surface area is 109 Å². The van der Waals surface area contributed by atoms with E-state index < -0.39 is 5.60 Å². The van der Waals surface area contributed by atoms with Crippen LogP contribution < -0.4 is 5.32 Å². The molecule has 0 aromatic carbocycles. The van der Waals surface area contributed by atoms with Gasteiger partial charge in [0.25, 0.3) is 0 Å². The van der Waals surface area contributed by atoms with E-state index in [-0.39, 0.29) is 6.09 Å². The summed E-state index contributed by atoms with van der Waals surface area (Å²) in [5.41, 5.74) is -0.0926. The van der Waals surface area contributed by atoms with E-state index in [1.54, 1.807) is 0 Å². The molecule has 0 unspecified atom stereocenters. The van der Waals surface area contributed by atoms with Gasteiger partial charge in [-0.3, -0.25) is 0 Å². The van der Waals surface area contributed by atoms with Crippen molar-refractivity contribution in [2.45, 2.75) is 45.6 Å². The van der Waals surface area contributed by atoms with E-state index in [9.17, 15) is 4.79 Å². The number of hydrogen-bond donors (Lipinski definition) is 1. The van der Waals surface area contributed by atoms with Crippen LogP contribution in [0.1, 0.15) is 40.0 Å². The molecule has 0 bridgehead atoms. The molecule has 1 spiro atoms. The standard InChI is InChI=1S/C14H24N2O2/c1-13(2,3)18-12(17)16-10-6-14(7-11-16)4-8-15-9-5-14/h4,8,15H,5-7,9-11H2,1-3H3. The smallest absolute Gasteiger partial charge is 0.410 e. The maximum Gasteiger partial charge on any atom is 0.410 e. The van der Waals surface area contributed by atoms with Crippen LogP contribution in [0.25, 0.3) is 0 Å². The van der Waals surface area contributed by atoms with E-state index in [2.05, 4.69) is 17.6 Å². The highest BCUT2D eigenvalue weighted by Crippen LogP contribution is 2.37. The topological polar surface area (TPSA) is 41.6 Å². The molecule has 0 aromatic rings. The van der Waals surface area contributed by atoms with Crippen LogP contribution >= 0.6 is 0 Å². The third-order valence-electron chi connectivity index (χ3n) is 3.73. The zero-order valence-corrected chi connectivity index (χ0v) is 11.7. The summed E-state index contributed by atoms with van der Waals surface area (Å²) in [6.45, 7) is 8.38. The van der Waals surface area contributed by atoms with Crippen LogP contribution in [0.5, 0.6) is 0 Å². The predicted octanol–water partition coefficient (Wildman–Crippen LogP) is 2.51. The fourth-order valence-corrected chi connectivity index (χ4v) is 2.60. The van der Waals surface area contributed by atoms with Crippen molar-refractivity contribution < 1.29 is 9.53 Å². The Balaban J connectivity index is 1.88. The predicted molar refractivity (Wildman–Crippen MR) is 71.2 cm³/mol. The maximum absolute atomic E-state index is 12.0. The minimum Gasteiger partial charge on any atom is -0.444 e. The van der Waals surface area contributed by atoms with Gasteiger partial charge < -0.3 is 15.0 Å². The zero-order chi connectivity index (χ0) is 13.2. The van der Waals surface area contributed by atoms with Gasteiger partial charge in [0, 0.05) is 19.6 Å². The highest BCUT2D eigenvalue weighted by molar-refractivity contribution is 5.68. The summed E-state index contributed by atoms with van der Waals surface area (Å²) in [4.78, 5) is 13.8. The van der Waals surface area contributed by atoms with Crippen LogP contribution in [0.3, 0.4) is 0 Å². The summed E-state index contributed by atoms with van der Waals surface area (Å²) in [6.07, 6.45) is 7.44. The second-order valence-corrected chi connectivity index (χ2v) is 6.37. The lowest BCUT2D eigenvalue weighted by atomic mass is 9.75. The summed E-state index contributed by atoms with van der Waals surface area (Å²) in [7, 11) is 0. The molecule has 0 atom stereocenters. The number of likely N-dealkylation sites (tertiary alicyclic amines) is 1. The molecule has 4 heteroatoms. The Morgan fingerprint density at radius 1 is 1.28 bits per heavy atom. The first-order chi connectivity index (χ1) is 8.40. The molecule has 1 saturated heterocycles. The molecule has 2 heterocycles. The van der Waals surface area contributed by atoms with E-state index in [1.807, 2.05) is 25.7 Å². The molecule has 0 radical (unpaired) electrons. The monoisotopic (exact) mass is 252 g/mol. The van der Waals surface area contributed by atoms with Gasteiger partial charge in [0.2, 0.25) is 0 Å². The minimum absolute atomic E-state index is 0.171. The number of allylic oxidation sites excluding steroid dienone is 1. The first-order valence-corrected chi connectivity index (χ1v) is 6.79. The molecule has 1 amide bonds. The maximum atomic E-state index is 12.0. The Kier molecular flexibility index (Phi) is 3.55. The number of nitrogens with zero attached hydrogens (tertiary/aromatic N) is 1. The van der Waals surface area contributed by atoms with Crippen LogP contribution in [-0.2, 0) is 4.74 Å². The van der Waals surface area contributed by atoms with E-state index in [1.165, 1.54) is 6.42 Å². The van der Waals surface area contributed by atoms with Crippen molar-refractivity contribution in [3.8, 4) is 0 Å². The number of piperidine rings is 1. The summed E-state index contributed by atoms with van der Waals surface area (Å²) < 4.78 is 5.41. The lowest BCUT2D eigenvalue weighted by Gasteiger charge is -2.41. The molecule has 102 valence electrons. The van der Waals surface area contributed by atoms with E-state index in [4.69, 9.17) is 4.74 Å². The van der Waals surface area contributed by atoms with E-state index in [0.717, 1.165) is 32.5 Å². The SMILES string of the molecule is CC(C)(C)OC(=O)N1CCC2(C=CNCC2)CC1. The number of nitrogens with one attached hydrogen (secondary N) is 1. The highest BCUT2D eigenvalue weighted by atomic mass is 16.6. The summed E-state index contributed by atoms with van der Waals surface area (Å²) in [5.74, 6) is 0. The number of ether oxygens (including phenoxy) is 1. The number of amides is 1. The van der Waals surface area contributed by atoms with Gasteiger partial charge in [0.15, 0.2) is 0 Å². The van der Waals surface area contributed by atoms with Crippen LogP contribution in [0.15, 0.2) is 12.3 Å². The minimum atomic E-state index is -0.402. The molecule has 1 N–H and O–H groups in total. The van der Waals surface area contributed by atoms with Crippen LogP contribution in [0.2, 0.25) is 0 Å². The van der Waals surface area contributed by atoms with Gasteiger partial charge in [-0.2, -0.15) is 0 Å². The molecule has 0 aromatic heterocycles. The largest absolute Gasteiger partial charge is 0.444 e. The van der Waals surface area contributed by atoms with E-state index >= 15 is 0 Å². The highest BCUT2D eigenvalue weighted by Gasteiger charge is 2.35. The quantitative estimate of drug-likeness (QED) is 0.720. The van der Waals surface area contributed by atoms with Gasteiger partial charge in [-0.25, -0.2) is 4.79 Å². The van der Waals surface area contributed by atoms with E-state index in [0.29, 0.717) is 5.41 Å². The van der Waals surface area contributed by atoms with Crippen molar-refractivity contribution in [2.75, 3.05) is 19.6 Å². The van der Waals surface area contributed by atoms with Crippen molar-refractivity contribution in [1.29, 1.82) is 0 Å². The first-order valence-electron chi connectivity index (χ1n) is 6.79. The van der Waals surface area contributed by atoms with Gasteiger partial charge in [-0.05, 0) is 51.6 Å². The molecule has 2 rings (SSSR count). The molecular weight excluding hydrogens is 228 g/mol. The number of carbonyl (C=O) groups excluding carboxylic acids is 1. The average molecular weight is 252 g/mol. The molecule has 0 saturated carbocycles. The number of rotatable bonds is 0. The summed E-state index contributed by atoms with van der Waals surface area (Å²) >= 11 is 0. The summed E-state index contributed by atoms with van der Waals surface area (Å²) in [5, 5.41) is 3.24. The fourth-order valence-electron chi connectivity index (χ4n) is 2.60. The Morgan fingerprint density at radius 3 is 2.44 bits per heavy atom. The third-order valence-corrected chi connectivity index (χ3v) is 3.73. The Hall–Kier alpha value is -1.19. The summed E-state index contributed by atoms with van der Waals surface area (Å²) in [6, 6.07) is 0. The molecule has 18 heavy (non-hydrogen) atoms. The molecule has 1 fully saturated rings. The van der Waals surface area contributed by atoms with Crippen LogP contribution in [0.4, 0.5) is 4.79 Å². The van der Waals surface area contributed by atoms with Crippen molar-refractivity contribution in [1.82, 2.24) is 10.2 Å². The van der Waals surface area contributed by atoms with Crippen molar-refractivity contribution in [3.63, 3.8) is 0 Å². The molecule has 0 aliphatic carbocycles. The lowest BCUT2D eigenvalue weighted by molar-refractivity contribution is 0.0134. The first kappa shape index (κ1) is 13.2. The van der Waals surface area contributed by atoms with Gasteiger partial charge in [-0.15, -0.1) is 0 Å². The van der Waals surface area contributed by atoms with Gasteiger partial charge in [0.05, 0.1) is 0 Å². The van der Waals surface area contributed by atoms with Gasteiger partial charge in [-0.1, -0.05) is 6.08 Å². The van der Waals surface area contributed by atoms with Crippen molar-refractivity contribution in [2.24, 2.45) is 5.41 Å². The second-order valence-electron chi connectivity index (χ2n) is 6.37. The lowest BCUT2D eigenvalue weighted by Crippen LogP contribution is -2.46. The fraction of sp³-hybridized carbons (Fsp3) is 0.786. The van der Waals surface area contributed by atoms with Crippen LogP contribution in [-0.4, -0.2) is 36.2 Å². The molecular formula is C14H24N2O2. The number of carbonyl (C=O) groups is 1. The number of hydrogen-bond acceptors (Lipinski definition) is 3.